The Kier molecular flexibility index (Phi) is 2.60. The van der Waals surface area contributed by atoms with Crippen molar-refractivity contribution in [3.63, 3.8) is 0 Å². The summed E-state index contributed by atoms with van der Waals surface area (Å²) in [6.07, 6.45) is 3.74. The third-order valence-electron chi connectivity index (χ3n) is 3.69. The molecule has 17 heavy (non-hydrogen) atoms. The second-order valence-corrected chi connectivity index (χ2v) is 5.17. The summed E-state index contributed by atoms with van der Waals surface area (Å²) in [5.41, 5.74) is 2.71. The minimum atomic E-state index is 0.0135. The van der Waals surface area contributed by atoms with Crippen molar-refractivity contribution in [1.82, 2.24) is 9.55 Å². The fraction of sp³-hybridized carbons (Fsp3) is 0.462. The first-order valence-electron chi connectivity index (χ1n) is 5.96. The zero-order chi connectivity index (χ0) is 12.0. The monoisotopic (exact) mass is 250 g/mol. The van der Waals surface area contributed by atoms with Crippen molar-refractivity contribution in [2.45, 2.75) is 31.8 Å². The van der Waals surface area contributed by atoms with Gasteiger partial charge >= 0.3 is 0 Å². The van der Waals surface area contributed by atoms with Gasteiger partial charge in [-0.25, -0.2) is 4.98 Å². The van der Waals surface area contributed by atoms with E-state index < -0.39 is 0 Å². The minimum absolute atomic E-state index is 0.0135. The first-order valence-corrected chi connectivity index (χ1v) is 6.34. The van der Waals surface area contributed by atoms with Crippen LogP contribution in [-0.4, -0.2) is 14.7 Å². The maximum atomic E-state index is 9.20. The number of hydrogen-bond donors (Lipinski definition) is 1. The molecular formula is C13H15ClN2O. The number of nitrogens with zero attached hydrogens (tertiary/aromatic N) is 2. The lowest BCUT2D eigenvalue weighted by Crippen LogP contribution is -2.13. The molecule has 1 heterocycles. The molecule has 0 unspecified atom stereocenters. The third kappa shape index (κ3) is 1.65. The van der Waals surface area contributed by atoms with E-state index in [1.165, 1.54) is 19.3 Å². The molecule has 1 aromatic carbocycles. The van der Waals surface area contributed by atoms with Gasteiger partial charge in [-0.2, -0.15) is 0 Å². The lowest BCUT2D eigenvalue weighted by atomic mass is 9.85. The highest BCUT2D eigenvalue weighted by molar-refractivity contribution is 6.35. The van der Waals surface area contributed by atoms with Crippen molar-refractivity contribution in [3.05, 3.63) is 28.5 Å². The van der Waals surface area contributed by atoms with Crippen molar-refractivity contribution in [3.8, 4) is 0 Å². The molecule has 4 heteroatoms. The number of imidazole rings is 1. The number of aryl methyl sites for hydroxylation is 1. The predicted molar refractivity (Wildman–Crippen MR) is 68.2 cm³/mol. The van der Waals surface area contributed by atoms with Crippen LogP contribution in [0.4, 0.5) is 0 Å². The van der Waals surface area contributed by atoms with Crippen molar-refractivity contribution < 1.29 is 5.11 Å². The van der Waals surface area contributed by atoms with Crippen molar-refractivity contribution in [2.24, 2.45) is 7.05 Å². The van der Waals surface area contributed by atoms with Gasteiger partial charge < -0.3 is 9.67 Å². The Morgan fingerprint density at radius 2 is 2.24 bits per heavy atom. The van der Waals surface area contributed by atoms with Crippen LogP contribution in [0.15, 0.2) is 12.1 Å². The van der Waals surface area contributed by atoms with Gasteiger partial charge in [-0.05, 0) is 30.5 Å². The molecule has 1 aromatic heterocycles. The quantitative estimate of drug-likeness (QED) is 0.890. The second kappa shape index (κ2) is 4.00. The Bertz CT molecular complexity index is 572. The van der Waals surface area contributed by atoms with E-state index in [0.717, 1.165) is 22.4 Å². The molecule has 3 nitrogen and oxygen atoms in total. The van der Waals surface area contributed by atoms with Crippen LogP contribution in [0, 0.1) is 0 Å². The molecule has 1 aliphatic rings. The third-order valence-corrected chi connectivity index (χ3v) is 3.98. The van der Waals surface area contributed by atoms with Crippen molar-refractivity contribution >= 4 is 22.6 Å². The number of halogens is 1. The number of aliphatic hydroxyl groups is 1. The summed E-state index contributed by atoms with van der Waals surface area (Å²) in [5.74, 6) is 1.71. The fourth-order valence-electron chi connectivity index (χ4n) is 2.44. The zero-order valence-electron chi connectivity index (χ0n) is 9.78. The predicted octanol–water partition coefficient (Wildman–Crippen LogP) is 2.99. The summed E-state index contributed by atoms with van der Waals surface area (Å²) in [6.45, 7) is 0.0135. The molecule has 1 aliphatic carbocycles. The van der Waals surface area contributed by atoms with Crippen LogP contribution in [0.5, 0.6) is 0 Å². The average Bonchev–Trinajstić information content (AvgIpc) is 2.56. The molecule has 0 bridgehead atoms. The summed E-state index contributed by atoms with van der Waals surface area (Å²) < 4.78 is 2.12. The minimum Gasteiger partial charge on any atom is -0.392 e. The largest absolute Gasteiger partial charge is 0.392 e. The van der Waals surface area contributed by atoms with Crippen LogP contribution in [-0.2, 0) is 13.7 Å². The zero-order valence-corrected chi connectivity index (χ0v) is 10.5. The van der Waals surface area contributed by atoms with E-state index in [1.54, 1.807) is 6.07 Å². The van der Waals surface area contributed by atoms with Gasteiger partial charge in [0.2, 0.25) is 0 Å². The molecule has 1 saturated carbocycles. The molecular weight excluding hydrogens is 236 g/mol. The number of benzene rings is 1. The van der Waals surface area contributed by atoms with Gasteiger partial charge in [0.15, 0.2) is 0 Å². The molecule has 0 saturated heterocycles. The molecule has 1 fully saturated rings. The molecule has 0 radical (unpaired) electrons. The van der Waals surface area contributed by atoms with Crippen LogP contribution < -0.4 is 0 Å². The standard InChI is InChI=1S/C13H15ClN2O/c1-16-11-6-8(7-17)5-10(14)12(11)15-13(16)9-3-2-4-9/h5-6,9,17H,2-4,7H2,1H3. The molecule has 90 valence electrons. The lowest BCUT2D eigenvalue weighted by molar-refractivity contribution is 0.282. The SMILES string of the molecule is Cn1c(C2CCC2)nc2c(Cl)cc(CO)cc21. The van der Waals surface area contributed by atoms with Crippen LogP contribution in [0.3, 0.4) is 0 Å². The van der Waals surface area contributed by atoms with E-state index in [2.05, 4.69) is 9.55 Å². The summed E-state index contributed by atoms with van der Waals surface area (Å²) >= 11 is 6.21. The van der Waals surface area contributed by atoms with Crippen LogP contribution >= 0.6 is 11.6 Å². The van der Waals surface area contributed by atoms with E-state index in [1.807, 2.05) is 13.1 Å². The van der Waals surface area contributed by atoms with Gasteiger partial charge in [0, 0.05) is 13.0 Å². The highest BCUT2D eigenvalue weighted by Gasteiger charge is 2.25. The van der Waals surface area contributed by atoms with E-state index >= 15 is 0 Å². The topological polar surface area (TPSA) is 38.0 Å². The molecule has 2 aromatic rings. The summed E-state index contributed by atoms with van der Waals surface area (Å²) in [6, 6.07) is 3.76. The van der Waals surface area contributed by atoms with Crippen molar-refractivity contribution in [1.29, 1.82) is 0 Å². The van der Waals surface area contributed by atoms with Gasteiger partial charge in [0.1, 0.15) is 11.3 Å². The first kappa shape index (κ1) is 11.1. The summed E-state index contributed by atoms with van der Waals surface area (Å²) in [4.78, 5) is 4.66. The van der Waals surface area contributed by atoms with E-state index in [-0.39, 0.29) is 6.61 Å². The molecule has 0 aliphatic heterocycles. The Morgan fingerprint density at radius 1 is 1.47 bits per heavy atom. The smallest absolute Gasteiger partial charge is 0.112 e. The summed E-state index contributed by atoms with van der Waals surface area (Å²) in [7, 11) is 2.03. The van der Waals surface area contributed by atoms with Crippen LogP contribution in [0.2, 0.25) is 5.02 Å². The Balaban J connectivity index is 2.21. The van der Waals surface area contributed by atoms with Gasteiger partial charge in [-0.1, -0.05) is 18.0 Å². The summed E-state index contributed by atoms with van der Waals surface area (Å²) in [5, 5.41) is 9.83. The van der Waals surface area contributed by atoms with E-state index in [4.69, 9.17) is 11.6 Å². The first-order chi connectivity index (χ1) is 8.20. The number of rotatable bonds is 2. The number of aromatic nitrogens is 2. The van der Waals surface area contributed by atoms with Crippen LogP contribution in [0.25, 0.3) is 11.0 Å². The van der Waals surface area contributed by atoms with Gasteiger partial charge in [0.05, 0.1) is 17.1 Å². The fourth-order valence-corrected chi connectivity index (χ4v) is 2.72. The van der Waals surface area contributed by atoms with Crippen molar-refractivity contribution in [2.75, 3.05) is 0 Å². The van der Waals surface area contributed by atoms with E-state index in [0.29, 0.717) is 10.9 Å². The molecule has 0 spiro atoms. The highest BCUT2D eigenvalue weighted by Crippen LogP contribution is 2.38. The Hall–Kier alpha value is -1.06. The number of aliphatic hydroxyl groups excluding tert-OH is 1. The van der Waals surface area contributed by atoms with E-state index in [9.17, 15) is 5.11 Å². The Labute approximate surface area is 105 Å². The molecule has 0 amide bonds. The van der Waals surface area contributed by atoms with Gasteiger partial charge in [-0.3, -0.25) is 0 Å². The molecule has 1 N–H and O–H groups in total. The number of hydrogen-bond acceptors (Lipinski definition) is 2. The molecule has 3 rings (SSSR count). The van der Waals surface area contributed by atoms with Crippen LogP contribution in [0.1, 0.15) is 36.6 Å². The maximum Gasteiger partial charge on any atom is 0.112 e. The van der Waals surface area contributed by atoms with Gasteiger partial charge in [0.25, 0.3) is 0 Å². The average molecular weight is 251 g/mol. The van der Waals surface area contributed by atoms with Gasteiger partial charge in [-0.15, -0.1) is 0 Å². The highest BCUT2D eigenvalue weighted by atomic mass is 35.5. The number of fused-ring (bicyclic) bond motifs is 1. The maximum absolute atomic E-state index is 9.20. The Morgan fingerprint density at radius 3 is 2.82 bits per heavy atom. The molecule has 0 atom stereocenters. The lowest BCUT2D eigenvalue weighted by Gasteiger charge is -2.24. The second-order valence-electron chi connectivity index (χ2n) is 4.76. The normalized spacial score (nSPS) is 16.4.